The molecule has 1 aliphatic carbocycles. The molecule has 0 radical (unpaired) electrons. The molecular weight excluding hydrogens is 264 g/mol. The highest BCUT2D eigenvalue weighted by Gasteiger charge is 2.37. The van der Waals surface area contributed by atoms with Crippen LogP contribution in [0.15, 0.2) is 24.4 Å². The van der Waals surface area contributed by atoms with E-state index in [1.165, 1.54) is 12.8 Å². The van der Waals surface area contributed by atoms with Crippen molar-refractivity contribution in [3.63, 3.8) is 0 Å². The molecule has 0 unspecified atom stereocenters. The lowest BCUT2D eigenvalue weighted by molar-refractivity contribution is -0.125. The Bertz CT molecular complexity index is 626. The minimum Gasteiger partial charge on any atom is -0.329 e. The van der Waals surface area contributed by atoms with Crippen molar-refractivity contribution in [1.29, 1.82) is 0 Å². The van der Waals surface area contributed by atoms with Crippen LogP contribution < -0.4 is 11.1 Å². The zero-order valence-electron chi connectivity index (χ0n) is 12.2. The number of hydrogen-bond acceptors (Lipinski definition) is 3. The summed E-state index contributed by atoms with van der Waals surface area (Å²) in [6, 6.07) is 5.77. The van der Waals surface area contributed by atoms with E-state index in [9.17, 15) is 4.79 Å². The zero-order chi connectivity index (χ0) is 14.7. The fraction of sp³-hybridized carbons (Fsp3) is 0.500. The molecule has 4 N–H and O–H groups in total. The van der Waals surface area contributed by atoms with Crippen LogP contribution in [-0.4, -0.2) is 22.6 Å². The first-order valence-corrected chi connectivity index (χ1v) is 7.68. The molecule has 0 spiro atoms. The van der Waals surface area contributed by atoms with Gasteiger partial charge in [0.25, 0.3) is 0 Å². The average Bonchev–Trinajstić information content (AvgIpc) is 2.82. The van der Waals surface area contributed by atoms with Crippen LogP contribution in [0.25, 0.3) is 10.9 Å². The summed E-state index contributed by atoms with van der Waals surface area (Å²) in [6.07, 6.45) is 8.13. The van der Waals surface area contributed by atoms with Gasteiger partial charge in [-0.3, -0.25) is 9.89 Å². The molecule has 5 nitrogen and oxygen atoms in total. The predicted molar refractivity (Wildman–Crippen MR) is 83.9 cm³/mol. The highest BCUT2D eigenvalue weighted by molar-refractivity contribution is 5.97. The first-order valence-electron chi connectivity index (χ1n) is 7.68. The third-order valence-electron chi connectivity index (χ3n) is 4.63. The summed E-state index contributed by atoms with van der Waals surface area (Å²) >= 11 is 0. The van der Waals surface area contributed by atoms with Gasteiger partial charge in [0.1, 0.15) is 0 Å². The number of aromatic nitrogens is 2. The Morgan fingerprint density at radius 3 is 2.76 bits per heavy atom. The quantitative estimate of drug-likeness (QED) is 0.759. The number of nitrogens with one attached hydrogen (secondary N) is 2. The predicted octanol–water partition coefficient (Wildman–Crippen LogP) is 2.80. The molecule has 1 aromatic heterocycles. The van der Waals surface area contributed by atoms with Crippen LogP contribution in [0, 0.1) is 5.41 Å². The zero-order valence-corrected chi connectivity index (χ0v) is 12.2. The van der Waals surface area contributed by atoms with Gasteiger partial charge in [0.15, 0.2) is 0 Å². The van der Waals surface area contributed by atoms with E-state index < -0.39 is 5.41 Å². The number of H-pyrrole nitrogens is 1. The molecule has 1 aliphatic rings. The molecule has 0 saturated heterocycles. The Balaban J connectivity index is 1.79. The van der Waals surface area contributed by atoms with Crippen molar-refractivity contribution in [3.05, 3.63) is 24.4 Å². The number of carbonyl (C=O) groups excluding carboxylic acids is 1. The van der Waals surface area contributed by atoms with Gasteiger partial charge in [0.2, 0.25) is 5.91 Å². The van der Waals surface area contributed by atoms with E-state index in [0.717, 1.165) is 42.3 Å². The maximum atomic E-state index is 12.7. The van der Waals surface area contributed by atoms with Crippen molar-refractivity contribution >= 4 is 22.5 Å². The fourth-order valence-electron chi connectivity index (χ4n) is 3.21. The van der Waals surface area contributed by atoms with E-state index in [1.807, 2.05) is 18.2 Å². The van der Waals surface area contributed by atoms with Crippen molar-refractivity contribution in [2.24, 2.45) is 11.1 Å². The van der Waals surface area contributed by atoms with Gasteiger partial charge in [-0.15, -0.1) is 0 Å². The Hall–Kier alpha value is -1.88. The molecular formula is C16H22N4O. The molecule has 0 atom stereocenters. The third-order valence-corrected chi connectivity index (χ3v) is 4.63. The number of aromatic amines is 1. The minimum atomic E-state index is -0.401. The van der Waals surface area contributed by atoms with E-state index >= 15 is 0 Å². The van der Waals surface area contributed by atoms with Crippen LogP contribution in [0.3, 0.4) is 0 Å². The second-order valence-corrected chi connectivity index (χ2v) is 6.02. The largest absolute Gasteiger partial charge is 0.329 e. The van der Waals surface area contributed by atoms with Gasteiger partial charge in [-0.25, -0.2) is 0 Å². The van der Waals surface area contributed by atoms with Crippen LogP contribution in [-0.2, 0) is 4.79 Å². The number of nitrogens with two attached hydrogens (primary N) is 1. The summed E-state index contributed by atoms with van der Waals surface area (Å²) in [5, 5.41) is 11.0. The van der Waals surface area contributed by atoms with Gasteiger partial charge < -0.3 is 11.1 Å². The number of amides is 1. The van der Waals surface area contributed by atoms with Gasteiger partial charge in [-0.2, -0.15) is 5.10 Å². The molecule has 21 heavy (non-hydrogen) atoms. The second kappa shape index (κ2) is 5.85. The van der Waals surface area contributed by atoms with Crippen LogP contribution in [0.1, 0.15) is 38.5 Å². The average molecular weight is 286 g/mol. The van der Waals surface area contributed by atoms with Gasteiger partial charge in [0, 0.05) is 17.6 Å². The number of nitrogens with zero attached hydrogens (tertiary/aromatic N) is 1. The van der Waals surface area contributed by atoms with E-state index in [1.54, 1.807) is 6.20 Å². The topological polar surface area (TPSA) is 83.8 Å². The molecule has 5 heteroatoms. The summed E-state index contributed by atoms with van der Waals surface area (Å²) in [6.45, 7) is 0.423. The van der Waals surface area contributed by atoms with E-state index in [4.69, 9.17) is 5.73 Å². The van der Waals surface area contributed by atoms with Gasteiger partial charge in [-0.05, 0) is 31.0 Å². The van der Waals surface area contributed by atoms with Crippen molar-refractivity contribution < 1.29 is 4.79 Å². The lowest BCUT2D eigenvalue weighted by Gasteiger charge is -2.29. The number of fused-ring (bicyclic) bond motifs is 1. The second-order valence-electron chi connectivity index (χ2n) is 6.02. The number of hydrogen-bond donors (Lipinski definition) is 3. The maximum absolute atomic E-state index is 12.7. The Kier molecular flexibility index (Phi) is 3.92. The molecule has 1 aromatic carbocycles. The van der Waals surface area contributed by atoms with E-state index in [0.29, 0.717) is 6.54 Å². The number of anilines is 1. The molecule has 1 saturated carbocycles. The van der Waals surface area contributed by atoms with Crippen molar-refractivity contribution in [2.45, 2.75) is 38.5 Å². The standard InChI is InChI=1S/C16H22N4O/c17-11-16(7-3-1-2-4-8-16)15(21)19-13-5-6-14-12(9-13)10-18-20-14/h5-6,9-10H,1-4,7-8,11,17H2,(H,18,20)(H,19,21). The summed E-state index contributed by atoms with van der Waals surface area (Å²) in [7, 11) is 0. The smallest absolute Gasteiger partial charge is 0.231 e. The lowest BCUT2D eigenvalue weighted by Crippen LogP contribution is -2.42. The van der Waals surface area contributed by atoms with Crippen molar-refractivity contribution in [1.82, 2.24) is 10.2 Å². The van der Waals surface area contributed by atoms with Gasteiger partial charge in [0.05, 0.1) is 17.1 Å². The summed E-state index contributed by atoms with van der Waals surface area (Å²) in [5.74, 6) is 0.0646. The highest BCUT2D eigenvalue weighted by Crippen LogP contribution is 2.35. The number of benzene rings is 1. The van der Waals surface area contributed by atoms with Gasteiger partial charge in [-0.1, -0.05) is 25.7 Å². The molecule has 1 fully saturated rings. The minimum absolute atomic E-state index is 0.0646. The SMILES string of the molecule is NCC1(C(=O)Nc2ccc3[nH]ncc3c2)CCCCCC1. The number of rotatable bonds is 3. The highest BCUT2D eigenvalue weighted by atomic mass is 16.2. The van der Waals surface area contributed by atoms with Crippen molar-refractivity contribution in [3.8, 4) is 0 Å². The maximum Gasteiger partial charge on any atom is 0.231 e. The first kappa shape index (κ1) is 14.1. The monoisotopic (exact) mass is 286 g/mol. The molecule has 0 aliphatic heterocycles. The Morgan fingerprint density at radius 1 is 1.29 bits per heavy atom. The van der Waals surface area contributed by atoms with Gasteiger partial charge >= 0.3 is 0 Å². The summed E-state index contributed by atoms with van der Waals surface area (Å²) in [5.41, 5.74) is 7.34. The van der Waals surface area contributed by atoms with E-state index in [2.05, 4.69) is 15.5 Å². The Labute approximate surface area is 124 Å². The fourth-order valence-corrected chi connectivity index (χ4v) is 3.21. The first-order chi connectivity index (χ1) is 10.2. The summed E-state index contributed by atoms with van der Waals surface area (Å²) in [4.78, 5) is 12.7. The Morgan fingerprint density at radius 2 is 2.05 bits per heavy atom. The molecule has 2 aromatic rings. The summed E-state index contributed by atoms with van der Waals surface area (Å²) < 4.78 is 0. The van der Waals surface area contributed by atoms with E-state index in [-0.39, 0.29) is 5.91 Å². The van der Waals surface area contributed by atoms with Crippen LogP contribution in [0.5, 0.6) is 0 Å². The normalized spacial score (nSPS) is 18.3. The molecule has 1 amide bonds. The van der Waals surface area contributed by atoms with Crippen LogP contribution >= 0.6 is 0 Å². The lowest BCUT2D eigenvalue weighted by atomic mass is 9.79. The number of carbonyl (C=O) groups is 1. The molecule has 1 heterocycles. The third kappa shape index (κ3) is 2.78. The van der Waals surface area contributed by atoms with Crippen LogP contribution in [0.2, 0.25) is 0 Å². The molecule has 0 bridgehead atoms. The van der Waals surface area contributed by atoms with Crippen molar-refractivity contribution in [2.75, 3.05) is 11.9 Å². The molecule has 112 valence electrons. The van der Waals surface area contributed by atoms with Crippen LogP contribution in [0.4, 0.5) is 5.69 Å². The molecule has 3 rings (SSSR count).